The molecule has 0 aliphatic carbocycles. The summed E-state index contributed by atoms with van der Waals surface area (Å²) < 4.78 is 20.4. The molecule has 2 aromatic rings. The SMILES string of the molecule is Cc1cc(Br)c2cc(C3CCOCC3)c(C#N)nc2c1F. The molecular weight excluding hydrogens is 335 g/mol. The zero-order valence-corrected chi connectivity index (χ0v) is 13.2. The first-order chi connectivity index (χ1) is 10.1. The maximum Gasteiger partial charge on any atom is 0.152 e. The fourth-order valence-corrected chi connectivity index (χ4v) is 3.45. The molecule has 108 valence electrons. The highest BCUT2D eigenvalue weighted by atomic mass is 79.9. The Bertz CT molecular complexity index is 748. The molecule has 1 aromatic carbocycles. The van der Waals surface area contributed by atoms with Crippen LogP contribution >= 0.6 is 15.9 Å². The molecule has 5 heteroatoms. The van der Waals surface area contributed by atoms with Crippen molar-refractivity contribution in [3.63, 3.8) is 0 Å². The van der Waals surface area contributed by atoms with E-state index in [4.69, 9.17) is 4.74 Å². The number of ether oxygens (including phenoxy) is 1. The van der Waals surface area contributed by atoms with Crippen LogP contribution in [0, 0.1) is 24.1 Å². The highest BCUT2D eigenvalue weighted by Crippen LogP contribution is 2.34. The third-order valence-corrected chi connectivity index (χ3v) is 4.63. The Morgan fingerprint density at radius 3 is 2.76 bits per heavy atom. The topological polar surface area (TPSA) is 45.9 Å². The van der Waals surface area contributed by atoms with Gasteiger partial charge in [-0.05, 0) is 48.9 Å². The minimum Gasteiger partial charge on any atom is -0.381 e. The highest BCUT2D eigenvalue weighted by Gasteiger charge is 2.22. The zero-order chi connectivity index (χ0) is 15.0. The lowest BCUT2D eigenvalue weighted by atomic mass is 9.89. The van der Waals surface area contributed by atoms with Gasteiger partial charge in [-0.3, -0.25) is 0 Å². The van der Waals surface area contributed by atoms with Crippen molar-refractivity contribution in [1.29, 1.82) is 5.26 Å². The standard InChI is InChI=1S/C16H14BrFN2O/c1-9-6-13(17)12-7-11(10-2-4-21-5-3-10)14(8-19)20-16(12)15(9)18/h6-7,10H,2-5H2,1H3. The van der Waals surface area contributed by atoms with Crippen LogP contribution in [0.2, 0.25) is 0 Å². The van der Waals surface area contributed by atoms with Gasteiger partial charge in [-0.15, -0.1) is 0 Å². The van der Waals surface area contributed by atoms with E-state index in [1.807, 2.05) is 6.07 Å². The van der Waals surface area contributed by atoms with Gasteiger partial charge < -0.3 is 4.74 Å². The smallest absolute Gasteiger partial charge is 0.152 e. The van der Waals surface area contributed by atoms with E-state index in [2.05, 4.69) is 27.0 Å². The lowest BCUT2D eigenvalue weighted by Crippen LogP contribution is -2.15. The summed E-state index contributed by atoms with van der Waals surface area (Å²) in [6.45, 7) is 3.08. The third-order valence-electron chi connectivity index (χ3n) is 3.97. The summed E-state index contributed by atoms with van der Waals surface area (Å²) in [6.07, 6.45) is 1.74. The number of aryl methyl sites for hydroxylation is 1. The van der Waals surface area contributed by atoms with Gasteiger partial charge in [0.05, 0.1) is 0 Å². The van der Waals surface area contributed by atoms with E-state index in [0.717, 1.165) is 28.3 Å². The summed E-state index contributed by atoms with van der Waals surface area (Å²) in [5, 5.41) is 10.1. The molecule has 3 rings (SSSR count). The van der Waals surface area contributed by atoms with Gasteiger partial charge in [-0.1, -0.05) is 15.9 Å². The Morgan fingerprint density at radius 2 is 2.10 bits per heavy atom. The molecule has 1 saturated heterocycles. The van der Waals surface area contributed by atoms with Crippen LogP contribution in [0.1, 0.15) is 35.6 Å². The Morgan fingerprint density at radius 1 is 1.38 bits per heavy atom. The van der Waals surface area contributed by atoms with Crippen molar-refractivity contribution < 1.29 is 9.13 Å². The summed E-state index contributed by atoms with van der Waals surface area (Å²) in [5.74, 6) is -0.107. The number of nitriles is 1. The number of hydrogen-bond acceptors (Lipinski definition) is 3. The molecule has 1 fully saturated rings. The van der Waals surface area contributed by atoms with Crippen LogP contribution in [0.25, 0.3) is 10.9 Å². The summed E-state index contributed by atoms with van der Waals surface area (Å²) in [5.41, 5.74) is 2.00. The van der Waals surface area contributed by atoms with Crippen molar-refractivity contribution in [2.45, 2.75) is 25.7 Å². The molecule has 0 N–H and O–H groups in total. The van der Waals surface area contributed by atoms with Gasteiger partial charge in [0.15, 0.2) is 5.82 Å². The first-order valence-electron chi connectivity index (χ1n) is 6.89. The summed E-state index contributed by atoms with van der Waals surface area (Å²) in [7, 11) is 0. The monoisotopic (exact) mass is 348 g/mol. The number of nitrogens with zero attached hydrogens (tertiary/aromatic N) is 2. The molecule has 0 saturated carbocycles. The maximum atomic E-state index is 14.3. The fourth-order valence-electron chi connectivity index (χ4n) is 2.81. The molecular formula is C16H14BrFN2O. The molecule has 2 heterocycles. The molecule has 0 atom stereocenters. The van der Waals surface area contributed by atoms with Crippen LogP contribution in [0.4, 0.5) is 4.39 Å². The van der Waals surface area contributed by atoms with Gasteiger partial charge in [0.25, 0.3) is 0 Å². The van der Waals surface area contributed by atoms with Crippen LogP contribution in [-0.4, -0.2) is 18.2 Å². The van der Waals surface area contributed by atoms with Crippen molar-refractivity contribution in [3.8, 4) is 6.07 Å². The number of aromatic nitrogens is 1. The second-order valence-corrected chi connectivity index (χ2v) is 6.16. The molecule has 0 unspecified atom stereocenters. The molecule has 1 aliphatic rings. The average molecular weight is 349 g/mol. The van der Waals surface area contributed by atoms with Gasteiger partial charge in [-0.2, -0.15) is 5.26 Å². The Labute approximate surface area is 130 Å². The fraction of sp³-hybridized carbons (Fsp3) is 0.375. The van der Waals surface area contributed by atoms with E-state index in [1.165, 1.54) is 0 Å². The first kappa shape index (κ1) is 14.4. The molecule has 0 spiro atoms. The van der Waals surface area contributed by atoms with Crippen LogP contribution in [0.3, 0.4) is 0 Å². The van der Waals surface area contributed by atoms with Crippen LogP contribution < -0.4 is 0 Å². The lowest BCUT2D eigenvalue weighted by Gasteiger charge is -2.23. The molecule has 0 radical (unpaired) electrons. The lowest BCUT2D eigenvalue weighted by molar-refractivity contribution is 0.0852. The zero-order valence-electron chi connectivity index (χ0n) is 11.6. The van der Waals surface area contributed by atoms with Crippen molar-refractivity contribution in [2.75, 3.05) is 13.2 Å². The second kappa shape index (κ2) is 5.70. The number of fused-ring (bicyclic) bond motifs is 1. The van der Waals surface area contributed by atoms with E-state index in [-0.39, 0.29) is 17.3 Å². The predicted molar refractivity (Wildman–Crippen MR) is 81.6 cm³/mol. The van der Waals surface area contributed by atoms with E-state index in [9.17, 15) is 9.65 Å². The number of pyridine rings is 1. The van der Waals surface area contributed by atoms with Crippen molar-refractivity contribution in [2.24, 2.45) is 0 Å². The first-order valence-corrected chi connectivity index (χ1v) is 7.68. The van der Waals surface area contributed by atoms with Crippen molar-refractivity contribution in [3.05, 3.63) is 39.2 Å². The minimum atomic E-state index is -0.358. The molecule has 1 aliphatic heterocycles. The van der Waals surface area contributed by atoms with Crippen LogP contribution in [0.15, 0.2) is 16.6 Å². The van der Waals surface area contributed by atoms with Crippen molar-refractivity contribution >= 4 is 26.8 Å². The number of rotatable bonds is 1. The third kappa shape index (κ3) is 2.54. The number of hydrogen-bond donors (Lipinski definition) is 0. The summed E-state index contributed by atoms with van der Waals surface area (Å²) in [4.78, 5) is 4.28. The minimum absolute atomic E-state index is 0.251. The highest BCUT2D eigenvalue weighted by molar-refractivity contribution is 9.10. The largest absolute Gasteiger partial charge is 0.381 e. The Kier molecular flexibility index (Phi) is 3.92. The van der Waals surface area contributed by atoms with E-state index in [0.29, 0.717) is 24.5 Å². The van der Waals surface area contributed by atoms with E-state index in [1.54, 1.807) is 13.0 Å². The van der Waals surface area contributed by atoms with Gasteiger partial charge in [0.2, 0.25) is 0 Å². The van der Waals surface area contributed by atoms with Crippen LogP contribution in [0.5, 0.6) is 0 Å². The maximum absolute atomic E-state index is 14.3. The average Bonchev–Trinajstić information content (AvgIpc) is 2.52. The van der Waals surface area contributed by atoms with Gasteiger partial charge >= 0.3 is 0 Å². The summed E-state index contributed by atoms with van der Waals surface area (Å²) in [6, 6.07) is 5.77. The van der Waals surface area contributed by atoms with E-state index < -0.39 is 0 Å². The summed E-state index contributed by atoms with van der Waals surface area (Å²) >= 11 is 3.47. The second-order valence-electron chi connectivity index (χ2n) is 5.31. The molecule has 1 aromatic heterocycles. The molecule has 0 amide bonds. The van der Waals surface area contributed by atoms with Crippen LogP contribution in [-0.2, 0) is 4.74 Å². The van der Waals surface area contributed by atoms with Gasteiger partial charge in [-0.25, -0.2) is 9.37 Å². The van der Waals surface area contributed by atoms with Gasteiger partial charge in [0.1, 0.15) is 17.3 Å². The van der Waals surface area contributed by atoms with Gasteiger partial charge in [0, 0.05) is 23.1 Å². The molecule has 3 nitrogen and oxygen atoms in total. The quantitative estimate of drug-likeness (QED) is 0.775. The molecule has 21 heavy (non-hydrogen) atoms. The van der Waals surface area contributed by atoms with E-state index >= 15 is 0 Å². The normalized spacial score (nSPS) is 16.1. The Balaban J connectivity index is 2.24. The number of halogens is 2. The van der Waals surface area contributed by atoms with Crippen molar-refractivity contribution in [1.82, 2.24) is 4.98 Å². The molecule has 0 bridgehead atoms. The predicted octanol–water partition coefficient (Wildman–Crippen LogP) is 4.21. The Hall–Kier alpha value is -1.51. The number of benzene rings is 1.